The molecule has 0 spiro atoms. The van der Waals surface area contributed by atoms with Crippen LogP contribution in [0.25, 0.3) is 11.2 Å². The highest BCUT2D eigenvalue weighted by molar-refractivity contribution is 5.84. The number of nitrogens with one attached hydrogen (secondary N) is 3. The first kappa shape index (κ1) is 35.1. The summed E-state index contributed by atoms with van der Waals surface area (Å²) in [6, 6.07) is 25.6. The van der Waals surface area contributed by atoms with Crippen LogP contribution in [0, 0.1) is 0 Å². The van der Waals surface area contributed by atoms with E-state index in [0.717, 1.165) is 16.7 Å². The van der Waals surface area contributed by atoms with E-state index in [2.05, 4.69) is 50.4 Å². The zero-order chi connectivity index (χ0) is 37.0. The summed E-state index contributed by atoms with van der Waals surface area (Å²) in [5.74, 6) is 1.26. The van der Waals surface area contributed by atoms with Crippen LogP contribution in [0.4, 0.5) is 16.6 Å². The molecule has 2 aliphatic rings. The van der Waals surface area contributed by atoms with Crippen LogP contribution in [0.5, 0.6) is 0 Å². The molecule has 2 fully saturated rings. The first-order valence-corrected chi connectivity index (χ1v) is 18.2. The van der Waals surface area contributed by atoms with Crippen LogP contribution in [-0.4, -0.2) is 83.8 Å². The lowest BCUT2D eigenvalue weighted by Crippen LogP contribution is -2.43. The molecule has 15 heteroatoms. The summed E-state index contributed by atoms with van der Waals surface area (Å²) in [6.45, 7) is 3.91. The number of ether oxygens (including phenoxy) is 1. The maximum atomic E-state index is 12.8. The van der Waals surface area contributed by atoms with E-state index in [1.54, 1.807) is 29.4 Å². The van der Waals surface area contributed by atoms with E-state index in [0.29, 0.717) is 73.4 Å². The lowest BCUT2D eigenvalue weighted by atomic mass is 9.91. The fraction of sp³-hybridized carbons (Fsp3) is 0.333. The van der Waals surface area contributed by atoms with Crippen molar-refractivity contribution < 1.29 is 24.3 Å². The van der Waals surface area contributed by atoms with Crippen LogP contribution >= 0.6 is 0 Å². The molecule has 2 amide bonds. The second-order valence-corrected chi connectivity index (χ2v) is 13.6. The van der Waals surface area contributed by atoms with Crippen molar-refractivity contribution in [1.29, 1.82) is 0 Å². The number of amides is 2. The smallest absolute Gasteiger partial charge is 0.315 e. The van der Waals surface area contributed by atoms with Gasteiger partial charge in [-0.1, -0.05) is 72.7 Å². The molecule has 6 aromatic rings. The average Bonchev–Trinajstić information content (AvgIpc) is 4.03. The van der Waals surface area contributed by atoms with E-state index in [4.69, 9.17) is 24.2 Å². The molecule has 0 bridgehead atoms. The van der Waals surface area contributed by atoms with Crippen LogP contribution in [0.15, 0.2) is 102 Å². The monoisotopic (exact) mass is 730 g/mol. The largest absolute Gasteiger partial charge is 0.387 e. The first-order chi connectivity index (χ1) is 26.4. The topological polar surface area (TPSA) is 189 Å². The number of anilines is 2. The third-order valence-corrected chi connectivity index (χ3v) is 10.0. The quantitative estimate of drug-likeness (QED) is 0.122. The van der Waals surface area contributed by atoms with Gasteiger partial charge in [-0.15, -0.1) is 0 Å². The third kappa shape index (κ3) is 7.33. The van der Waals surface area contributed by atoms with Gasteiger partial charge in [0.05, 0.1) is 12.0 Å². The van der Waals surface area contributed by atoms with E-state index < -0.39 is 24.5 Å². The normalized spacial score (nSPS) is 21.2. The Balaban J connectivity index is 1.08. The van der Waals surface area contributed by atoms with Crippen molar-refractivity contribution in [2.75, 3.05) is 29.9 Å². The van der Waals surface area contributed by atoms with Crippen LogP contribution in [0.3, 0.4) is 0 Å². The van der Waals surface area contributed by atoms with Gasteiger partial charge >= 0.3 is 6.03 Å². The fourth-order valence-corrected chi connectivity index (χ4v) is 7.09. The Kier molecular flexibility index (Phi) is 10.2. The second-order valence-electron chi connectivity index (χ2n) is 13.6. The summed E-state index contributed by atoms with van der Waals surface area (Å²) in [5, 5.41) is 36.0. The highest BCUT2D eigenvalue weighted by Crippen LogP contribution is 2.41. The minimum absolute atomic E-state index is 0.000195. The molecular weight excluding hydrogens is 688 g/mol. The van der Waals surface area contributed by atoms with Gasteiger partial charge in [-0.05, 0) is 41.7 Å². The fourth-order valence-electron chi connectivity index (χ4n) is 7.09. The summed E-state index contributed by atoms with van der Waals surface area (Å²) in [5.41, 5.74) is 4.84. The molecule has 0 unspecified atom stereocenters. The molecule has 0 saturated carbocycles. The van der Waals surface area contributed by atoms with Crippen molar-refractivity contribution in [2.24, 2.45) is 0 Å². The predicted molar refractivity (Wildman–Crippen MR) is 200 cm³/mol. The van der Waals surface area contributed by atoms with Crippen LogP contribution in [-0.2, 0) is 17.7 Å². The number of aromatic nitrogens is 6. The molecule has 278 valence electrons. The van der Waals surface area contributed by atoms with Gasteiger partial charge in [0.2, 0.25) is 5.95 Å². The third-order valence-electron chi connectivity index (χ3n) is 10.0. The molecule has 5 N–H and O–H groups in total. The number of imidazole rings is 1. The Morgan fingerprint density at radius 3 is 2.43 bits per heavy atom. The zero-order valence-corrected chi connectivity index (χ0v) is 29.7. The SMILES string of the molecule is CCc1cc([C@H]2O[C@@H](n3cnc4c(NCC(c5ccccc5)c5ccccc5)nc(N5CC[C@@H](NC(=O)NCc6ccncc6)C5)nc43)[C@H](O)[C@@H]2O)on1. The summed E-state index contributed by atoms with van der Waals surface area (Å²) < 4.78 is 13.3. The molecule has 4 aromatic heterocycles. The Morgan fingerprint density at radius 1 is 0.981 bits per heavy atom. The zero-order valence-electron chi connectivity index (χ0n) is 29.7. The van der Waals surface area contributed by atoms with Crippen LogP contribution in [0.1, 0.15) is 59.7 Å². The molecule has 2 aromatic carbocycles. The number of pyridine rings is 1. The standard InChI is InChI=1S/C39H42N10O5/c1-2-27-19-30(54-47-27)34-32(50)33(51)37(53-34)49-23-43-31-35(41-21-29(25-9-5-3-6-10-25)26-11-7-4-8-12-26)45-38(46-36(31)49)48-18-15-28(22-48)44-39(52)42-20-24-13-16-40-17-14-24/h3-14,16-17,19,23,28-29,32-34,37,50-51H,2,15,18,20-22H2,1H3,(H,41,45,46)(H2,42,44,52)/t28-,32+,33-,34-,37-/m1/s1. The van der Waals surface area contributed by atoms with E-state index >= 15 is 0 Å². The van der Waals surface area contributed by atoms with Crippen molar-refractivity contribution in [3.8, 4) is 0 Å². The van der Waals surface area contributed by atoms with Gasteiger partial charge in [0, 0.05) is 56.6 Å². The number of benzene rings is 2. The summed E-state index contributed by atoms with van der Waals surface area (Å²) >= 11 is 0. The van der Waals surface area contributed by atoms with Crippen molar-refractivity contribution in [3.63, 3.8) is 0 Å². The van der Waals surface area contributed by atoms with Crippen molar-refractivity contribution >= 4 is 29.0 Å². The molecule has 0 radical (unpaired) electrons. The number of rotatable bonds is 12. The van der Waals surface area contributed by atoms with Gasteiger partial charge < -0.3 is 40.3 Å². The Bertz CT molecular complexity index is 2130. The number of urea groups is 1. The van der Waals surface area contributed by atoms with Crippen molar-refractivity contribution in [1.82, 2.24) is 40.3 Å². The molecule has 5 atom stereocenters. The Hall–Kier alpha value is -5.90. The van der Waals surface area contributed by atoms with Gasteiger partial charge in [-0.3, -0.25) is 9.55 Å². The van der Waals surface area contributed by atoms with E-state index in [1.807, 2.05) is 60.4 Å². The maximum Gasteiger partial charge on any atom is 0.315 e. The van der Waals surface area contributed by atoms with E-state index in [9.17, 15) is 15.0 Å². The van der Waals surface area contributed by atoms with Crippen molar-refractivity contribution in [3.05, 3.63) is 126 Å². The lowest BCUT2D eigenvalue weighted by molar-refractivity contribution is -0.0434. The number of aryl methyl sites for hydroxylation is 1. The van der Waals surface area contributed by atoms with Crippen LogP contribution in [0.2, 0.25) is 0 Å². The van der Waals surface area contributed by atoms with E-state index in [1.165, 1.54) is 0 Å². The predicted octanol–water partition coefficient (Wildman–Crippen LogP) is 4.09. The number of hydrogen-bond acceptors (Lipinski definition) is 12. The first-order valence-electron chi connectivity index (χ1n) is 18.2. The highest BCUT2D eigenvalue weighted by Gasteiger charge is 2.47. The van der Waals surface area contributed by atoms with Gasteiger partial charge in [0.1, 0.15) is 18.3 Å². The minimum atomic E-state index is -1.32. The molecular formula is C39H42N10O5. The van der Waals surface area contributed by atoms with Gasteiger partial charge in [-0.25, -0.2) is 9.78 Å². The maximum absolute atomic E-state index is 12.8. The van der Waals surface area contributed by atoms with Gasteiger partial charge in [-0.2, -0.15) is 9.97 Å². The second kappa shape index (κ2) is 15.6. The molecule has 8 rings (SSSR count). The molecule has 2 saturated heterocycles. The number of aliphatic hydroxyl groups excluding tert-OH is 2. The lowest BCUT2D eigenvalue weighted by Gasteiger charge is -2.22. The van der Waals surface area contributed by atoms with Crippen molar-refractivity contribution in [2.45, 2.75) is 62.8 Å². The number of carbonyl (C=O) groups excluding carboxylic acids is 1. The molecule has 15 nitrogen and oxygen atoms in total. The molecule has 6 heterocycles. The summed E-state index contributed by atoms with van der Waals surface area (Å²) in [6.07, 6.45) is 1.70. The Labute approximate surface area is 311 Å². The Morgan fingerprint density at radius 2 is 1.72 bits per heavy atom. The number of aliphatic hydroxyl groups is 2. The molecule has 2 aliphatic heterocycles. The number of nitrogens with zero attached hydrogens (tertiary/aromatic N) is 7. The van der Waals surface area contributed by atoms with Gasteiger partial charge in [0.15, 0.2) is 29.0 Å². The minimum Gasteiger partial charge on any atom is -0.387 e. The summed E-state index contributed by atoms with van der Waals surface area (Å²) in [4.78, 5) is 33.5. The summed E-state index contributed by atoms with van der Waals surface area (Å²) in [7, 11) is 0. The number of hydrogen-bond donors (Lipinski definition) is 5. The van der Waals surface area contributed by atoms with E-state index in [-0.39, 0.29) is 18.0 Å². The number of fused-ring (bicyclic) bond motifs is 1. The molecule has 54 heavy (non-hydrogen) atoms. The highest BCUT2D eigenvalue weighted by atomic mass is 16.6. The average molecular weight is 731 g/mol. The molecule has 0 aliphatic carbocycles. The number of carbonyl (C=O) groups is 1. The van der Waals surface area contributed by atoms with Gasteiger partial charge in [0.25, 0.3) is 0 Å². The van der Waals surface area contributed by atoms with Crippen LogP contribution < -0.4 is 20.9 Å².